The second-order valence-corrected chi connectivity index (χ2v) is 7.11. The molecule has 7 heteroatoms. The first-order chi connectivity index (χ1) is 11.4. The summed E-state index contributed by atoms with van der Waals surface area (Å²) in [6, 6.07) is 10.2. The molecule has 0 saturated heterocycles. The summed E-state index contributed by atoms with van der Waals surface area (Å²) < 4.78 is 6.39. The highest BCUT2D eigenvalue weighted by molar-refractivity contribution is 9.10. The molecule has 0 aliphatic rings. The van der Waals surface area contributed by atoms with Crippen molar-refractivity contribution in [2.24, 2.45) is 0 Å². The van der Waals surface area contributed by atoms with Gasteiger partial charge in [0.25, 0.3) is 5.91 Å². The Morgan fingerprint density at radius 2 is 1.92 bits per heavy atom. The van der Waals surface area contributed by atoms with E-state index in [2.05, 4.69) is 21.2 Å². The third kappa shape index (κ3) is 5.38. The van der Waals surface area contributed by atoms with Gasteiger partial charge in [0.2, 0.25) is 0 Å². The molecule has 0 bridgehead atoms. The van der Waals surface area contributed by atoms with Gasteiger partial charge < -0.3 is 15.0 Å². The zero-order valence-electron chi connectivity index (χ0n) is 13.3. The van der Waals surface area contributed by atoms with Gasteiger partial charge in [-0.1, -0.05) is 39.1 Å². The molecule has 4 nitrogen and oxygen atoms in total. The molecule has 2 rings (SSSR count). The number of hydrogen-bond donors (Lipinski definition) is 1. The third-order valence-corrected chi connectivity index (χ3v) is 4.28. The Kier molecular flexibility index (Phi) is 6.92. The molecule has 0 aliphatic heterocycles. The fourth-order valence-corrected chi connectivity index (χ4v) is 2.70. The SMILES string of the molecule is CN(C)CCOc1ccc(NC(=O)c2cc(Br)ccc2Cl)cc1Cl. The number of amides is 1. The summed E-state index contributed by atoms with van der Waals surface area (Å²) in [5.41, 5.74) is 0.953. The lowest BCUT2D eigenvalue weighted by Crippen LogP contribution is -2.19. The van der Waals surface area contributed by atoms with Crippen molar-refractivity contribution >= 4 is 50.7 Å². The lowest BCUT2D eigenvalue weighted by Gasteiger charge is -2.13. The Bertz CT molecular complexity index is 739. The van der Waals surface area contributed by atoms with Crippen molar-refractivity contribution in [1.29, 1.82) is 0 Å². The van der Waals surface area contributed by atoms with Crippen molar-refractivity contribution in [3.05, 3.63) is 56.5 Å². The van der Waals surface area contributed by atoms with E-state index < -0.39 is 0 Å². The summed E-state index contributed by atoms with van der Waals surface area (Å²) in [6.07, 6.45) is 0. The highest BCUT2D eigenvalue weighted by atomic mass is 79.9. The number of rotatable bonds is 6. The lowest BCUT2D eigenvalue weighted by atomic mass is 10.2. The number of nitrogens with zero attached hydrogens (tertiary/aromatic N) is 1. The highest BCUT2D eigenvalue weighted by Crippen LogP contribution is 2.28. The van der Waals surface area contributed by atoms with E-state index in [9.17, 15) is 4.79 Å². The van der Waals surface area contributed by atoms with E-state index in [1.54, 1.807) is 36.4 Å². The summed E-state index contributed by atoms with van der Waals surface area (Å²) in [6.45, 7) is 1.32. The predicted octanol–water partition coefficient (Wildman–Crippen LogP) is 4.95. The van der Waals surface area contributed by atoms with Crippen LogP contribution in [0, 0.1) is 0 Å². The molecule has 2 aromatic rings. The zero-order chi connectivity index (χ0) is 17.7. The molecule has 0 aliphatic carbocycles. The number of hydrogen-bond acceptors (Lipinski definition) is 3. The van der Waals surface area contributed by atoms with Gasteiger partial charge in [0, 0.05) is 16.7 Å². The van der Waals surface area contributed by atoms with E-state index in [1.165, 1.54) is 0 Å². The largest absolute Gasteiger partial charge is 0.491 e. The van der Waals surface area contributed by atoms with E-state index in [0.717, 1.165) is 11.0 Å². The number of ether oxygens (including phenoxy) is 1. The van der Waals surface area contributed by atoms with Crippen molar-refractivity contribution in [2.45, 2.75) is 0 Å². The Morgan fingerprint density at radius 1 is 1.17 bits per heavy atom. The molecular formula is C17H17BrCl2N2O2. The summed E-state index contributed by atoms with van der Waals surface area (Å²) in [5.74, 6) is 0.274. The van der Waals surface area contributed by atoms with Crippen molar-refractivity contribution in [2.75, 3.05) is 32.6 Å². The number of anilines is 1. The van der Waals surface area contributed by atoms with Gasteiger partial charge in [-0.3, -0.25) is 4.79 Å². The van der Waals surface area contributed by atoms with Gasteiger partial charge >= 0.3 is 0 Å². The Balaban J connectivity index is 2.06. The Hall–Kier alpha value is -1.27. The second-order valence-electron chi connectivity index (χ2n) is 5.38. The monoisotopic (exact) mass is 430 g/mol. The molecule has 0 spiro atoms. The second kappa shape index (κ2) is 8.72. The minimum atomic E-state index is -0.307. The Labute approximate surface area is 159 Å². The van der Waals surface area contributed by atoms with Crippen molar-refractivity contribution < 1.29 is 9.53 Å². The van der Waals surface area contributed by atoms with Crippen LogP contribution in [0.25, 0.3) is 0 Å². The van der Waals surface area contributed by atoms with E-state index in [4.69, 9.17) is 27.9 Å². The molecule has 0 aromatic heterocycles. The van der Waals surface area contributed by atoms with Crippen LogP contribution in [0.5, 0.6) is 5.75 Å². The molecule has 0 saturated carbocycles. The number of carbonyl (C=O) groups is 1. The van der Waals surface area contributed by atoms with E-state index >= 15 is 0 Å². The molecule has 0 unspecified atom stereocenters. The van der Waals surface area contributed by atoms with Crippen molar-refractivity contribution in [3.63, 3.8) is 0 Å². The average molecular weight is 432 g/mol. The maximum absolute atomic E-state index is 12.3. The van der Waals surface area contributed by atoms with Gasteiger partial charge in [0.15, 0.2) is 0 Å². The van der Waals surface area contributed by atoms with Crippen LogP contribution in [0.1, 0.15) is 10.4 Å². The normalized spacial score (nSPS) is 10.8. The van der Waals surface area contributed by atoms with Gasteiger partial charge in [-0.25, -0.2) is 0 Å². The standard InChI is InChI=1S/C17H17BrCl2N2O2/c1-22(2)7-8-24-16-6-4-12(10-15(16)20)21-17(23)13-9-11(18)3-5-14(13)19/h3-6,9-10H,7-8H2,1-2H3,(H,21,23). The molecule has 0 fully saturated rings. The minimum Gasteiger partial charge on any atom is -0.491 e. The quantitative estimate of drug-likeness (QED) is 0.703. The number of nitrogens with one attached hydrogen (secondary N) is 1. The third-order valence-electron chi connectivity index (χ3n) is 3.16. The fraction of sp³-hybridized carbons (Fsp3) is 0.235. The molecule has 2 aromatic carbocycles. The number of carbonyl (C=O) groups excluding carboxylic acids is 1. The van der Waals surface area contributed by atoms with Crippen molar-refractivity contribution in [1.82, 2.24) is 4.90 Å². The first kappa shape index (κ1) is 19.1. The molecule has 1 amide bonds. The van der Waals surface area contributed by atoms with Crippen LogP contribution in [0.15, 0.2) is 40.9 Å². The van der Waals surface area contributed by atoms with Crippen LogP contribution in [-0.4, -0.2) is 38.1 Å². The molecular weight excluding hydrogens is 415 g/mol. The maximum Gasteiger partial charge on any atom is 0.257 e. The molecule has 0 atom stereocenters. The van der Waals surface area contributed by atoms with Gasteiger partial charge in [0.1, 0.15) is 12.4 Å². The lowest BCUT2D eigenvalue weighted by molar-refractivity contribution is 0.102. The average Bonchev–Trinajstić information content (AvgIpc) is 2.51. The van der Waals surface area contributed by atoms with Crippen LogP contribution in [0.4, 0.5) is 5.69 Å². The first-order valence-electron chi connectivity index (χ1n) is 7.20. The summed E-state index contributed by atoms with van der Waals surface area (Å²) in [4.78, 5) is 14.4. The predicted molar refractivity (Wildman–Crippen MR) is 103 cm³/mol. The molecule has 0 radical (unpaired) electrons. The number of benzene rings is 2. The topological polar surface area (TPSA) is 41.6 Å². The number of halogens is 3. The van der Waals surface area contributed by atoms with Gasteiger partial charge in [-0.2, -0.15) is 0 Å². The highest BCUT2D eigenvalue weighted by Gasteiger charge is 2.12. The Morgan fingerprint density at radius 3 is 2.58 bits per heavy atom. The van der Waals surface area contributed by atoms with Crippen molar-refractivity contribution in [3.8, 4) is 5.75 Å². The summed E-state index contributed by atoms with van der Waals surface area (Å²) in [7, 11) is 3.94. The zero-order valence-corrected chi connectivity index (χ0v) is 16.4. The van der Waals surface area contributed by atoms with E-state index in [1.807, 2.05) is 19.0 Å². The fourth-order valence-electron chi connectivity index (χ4n) is 1.90. The van der Waals surface area contributed by atoms with Crippen LogP contribution >= 0.6 is 39.1 Å². The van der Waals surface area contributed by atoms with Crippen LogP contribution in [0.3, 0.4) is 0 Å². The van der Waals surface area contributed by atoms with Gasteiger partial charge in [-0.15, -0.1) is 0 Å². The summed E-state index contributed by atoms with van der Waals surface area (Å²) >= 11 is 15.6. The van der Waals surface area contributed by atoms with Crippen LogP contribution < -0.4 is 10.1 Å². The van der Waals surface area contributed by atoms with Gasteiger partial charge in [0.05, 0.1) is 15.6 Å². The maximum atomic E-state index is 12.3. The van der Waals surface area contributed by atoms with Crippen LogP contribution in [0.2, 0.25) is 10.0 Å². The van der Waals surface area contributed by atoms with E-state index in [0.29, 0.717) is 33.7 Å². The first-order valence-corrected chi connectivity index (χ1v) is 8.75. The van der Waals surface area contributed by atoms with Gasteiger partial charge in [-0.05, 0) is 50.5 Å². The molecule has 24 heavy (non-hydrogen) atoms. The van der Waals surface area contributed by atoms with Crippen LogP contribution in [-0.2, 0) is 0 Å². The minimum absolute atomic E-state index is 0.307. The molecule has 0 heterocycles. The number of likely N-dealkylation sites (N-methyl/N-ethyl adjacent to an activating group) is 1. The smallest absolute Gasteiger partial charge is 0.257 e. The van der Waals surface area contributed by atoms with E-state index in [-0.39, 0.29) is 5.91 Å². The summed E-state index contributed by atoms with van der Waals surface area (Å²) in [5, 5.41) is 3.59. The molecule has 1 N–H and O–H groups in total. The molecule has 128 valence electrons.